The van der Waals surface area contributed by atoms with Gasteiger partial charge < -0.3 is 0 Å². The van der Waals surface area contributed by atoms with Gasteiger partial charge in [-0.25, -0.2) is 0 Å². The Labute approximate surface area is 186 Å². The maximum absolute atomic E-state index is 0. The minimum absolute atomic E-state index is 0. The molecule has 0 aliphatic heterocycles. The molecule has 0 N–H and O–H groups in total. The van der Waals surface area contributed by atoms with Gasteiger partial charge in [-0.15, -0.1) is 0 Å². The van der Waals surface area contributed by atoms with Crippen LogP contribution in [0.5, 0.6) is 0 Å². The van der Waals surface area contributed by atoms with E-state index in [1.165, 1.54) is 0 Å². The second-order valence-electron chi connectivity index (χ2n) is 0. The minimum Gasteiger partial charge on any atom is 0 e. The monoisotopic (exact) mass is 402 g/mol. The van der Waals surface area contributed by atoms with Crippen molar-refractivity contribution in [2.45, 2.75) is 0 Å². The Morgan fingerprint density at radius 2 is 1.00 bits per heavy atom. The van der Waals surface area contributed by atoms with Crippen molar-refractivity contribution in [3.05, 3.63) is 0 Å². The third-order valence-corrected chi connectivity index (χ3v) is 0. The largest absolute Gasteiger partial charge is 0.316 e. The van der Waals surface area contributed by atoms with Crippen molar-refractivity contribution in [1.29, 1.82) is 0 Å². The standard InChI is InChI=1S/Ca.Ce.Fe.K.Mg.Mo.5H. The molecule has 0 aliphatic carbocycles. The summed E-state index contributed by atoms with van der Waals surface area (Å²) in [4.78, 5) is 0. The molecule has 0 bridgehead atoms. The summed E-state index contributed by atoms with van der Waals surface area (Å²) in [7, 11) is 0. The van der Waals surface area contributed by atoms with Gasteiger partial charge in [0.15, 0.2) is 0 Å². The van der Waals surface area contributed by atoms with E-state index >= 15 is 0 Å². The van der Waals surface area contributed by atoms with E-state index in [0.717, 1.165) is 0 Å². The van der Waals surface area contributed by atoms with Crippen molar-refractivity contribution in [3.63, 3.8) is 0 Å². The fourth-order valence-corrected chi connectivity index (χ4v) is 0. The number of rotatable bonds is 0. The smallest absolute Gasteiger partial charge is 0 e. The number of hydrogen-bond donors (Lipinski definition) is 0. The van der Waals surface area contributed by atoms with Gasteiger partial charge in [-0.2, -0.15) is 0 Å². The maximum atomic E-state index is 0. The van der Waals surface area contributed by atoms with Gasteiger partial charge >= 0.3 is 112 Å². The molecule has 0 aromatic carbocycles. The van der Waals surface area contributed by atoms with Gasteiger partial charge in [0, 0.05) is 79.9 Å². The van der Waals surface area contributed by atoms with Crippen LogP contribution in [-0.4, -0.2) is 112 Å². The van der Waals surface area contributed by atoms with E-state index < -0.39 is 0 Å². The zero-order chi connectivity index (χ0) is 0. The zero-order valence-corrected chi connectivity index (χ0v) is 7.51. The molecule has 0 heterocycles. The van der Waals surface area contributed by atoms with Crippen molar-refractivity contribution in [2.75, 3.05) is 0 Å². The van der Waals surface area contributed by atoms with E-state index in [1.807, 2.05) is 0 Å². The third-order valence-electron chi connectivity index (χ3n) is 0. The molecule has 0 aromatic heterocycles. The molecule has 0 radical (unpaired) electrons. The first-order valence-corrected chi connectivity index (χ1v) is 0. The molecule has 6 heavy (non-hydrogen) atoms. The number of hydrogen-bond acceptors (Lipinski definition) is 0. The molecule has 0 fully saturated rings. The van der Waals surface area contributed by atoms with Crippen molar-refractivity contribution in [1.82, 2.24) is 0 Å². The summed E-state index contributed by atoms with van der Waals surface area (Å²) < 4.78 is 0. The molecule has 0 amide bonds. The van der Waals surface area contributed by atoms with Gasteiger partial charge in [0.05, 0.1) is 0 Å². The SMILES string of the molecule is [CaH2].[Ce].[Fe].[KH].[MgH2].[Mo]. The first-order chi connectivity index (χ1) is 0. The van der Waals surface area contributed by atoms with Gasteiger partial charge in [0.25, 0.3) is 0 Å². The van der Waals surface area contributed by atoms with E-state index in [0.29, 0.717) is 0 Å². The average molecular weight is 400 g/mol. The summed E-state index contributed by atoms with van der Waals surface area (Å²) in [6.45, 7) is 0. The van der Waals surface area contributed by atoms with Crippen LogP contribution < -0.4 is 0 Å². The summed E-state index contributed by atoms with van der Waals surface area (Å²) in [6.07, 6.45) is 0. The summed E-state index contributed by atoms with van der Waals surface area (Å²) in [6, 6.07) is 0. The molecule has 0 saturated carbocycles. The fourth-order valence-electron chi connectivity index (χ4n) is 0. The van der Waals surface area contributed by atoms with E-state index in [4.69, 9.17) is 0 Å². The predicted molar refractivity (Wildman–Crippen MR) is 24.2 cm³/mol. The van der Waals surface area contributed by atoms with Gasteiger partial charge in [-0.1, -0.05) is 0 Å². The van der Waals surface area contributed by atoms with Gasteiger partial charge in [0.1, 0.15) is 0 Å². The van der Waals surface area contributed by atoms with Gasteiger partial charge in [0.2, 0.25) is 0 Å². The van der Waals surface area contributed by atoms with E-state index in [1.54, 1.807) is 0 Å². The van der Waals surface area contributed by atoms with Crippen LogP contribution in [0, 0.1) is 41.7 Å². The minimum atomic E-state index is 0. The molecule has 0 unspecified atom stereocenters. The van der Waals surface area contributed by atoms with E-state index in [2.05, 4.69) is 0 Å². The Balaban J connectivity index is 0. The Hall–Kier alpha value is 6.25. The van der Waals surface area contributed by atoms with Crippen LogP contribution in [0.1, 0.15) is 0 Å². The molecule has 0 spiro atoms. The average Bonchev–Trinajstić information content (AvgIpc) is 0. The fraction of sp³-hybridized carbons (Fsp3) is 0. The summed E-state index contributed by atoms with van der Waals surface area (Å²) in [5.41, 5.74) is 0. The van der Waals surface area contributed by atoms with Crippen LogP contribution >= 0.6 is 0 Å². The van der Waals surface area contributed by atoms with Crippen LogP contribution in [0.15, 0.2) is 0 Å². The summed E-state index contributed by atoms with van der Waals surface area (Å²) >= 11 is 0. The van der Waals surface area contributed by atoms with Crippen LogP contribution in [0.25, 0.3) is 0 Å². The second kappa shape index (κ2) is 30.3. The van der Waals surface area contributed by atoms with E-state index in [-0.39, 0.29) is 192 Å². The van der Waals surface area contributed by atoms with Crippen LogP contribution in [0.4, 0.5) is 0 Å². The molecule has 0 aliphatic rings. The normalized spacial score (nSPS) is 0. The predicted octanol–water partition coefficient (Wildman–Crippen LogP) is -2.49. The van der Waals surface area contributed by atoms with Crippen molar-refractivity contribution in [3.8, 4) is 0 Å². The van der Waals surface area contributed by atoms with Gasteiger partial charge in [-0.3, -0.25) is 0 Å². The van der Waals surface area contributed by atoms with Crippen LogP contribution in [-0.2, 0) is 38.1 Å². The third kappa shape index (κ3) is 22.5. The first-order valence-electron chi connectivity index (χ1n) is 0. The van der Waals surface area contributed by atoms with E-state index in [9.17, 15) is 0 Å². The van der Waals surface area contributed by atoms with Crippen molar-refractivity contribution >= 4 is 112 Å². The topological polar surface area (TPSA) is 0 Å². The Bertz CT molecular complexity index is 15.5. The maximum Gasteiger partial charge on any atom is 0.316 e. The van der Waals surface area contributed by atoms with Crippen LogP contribution in [0.2, 0.25) is 0 Å². The van der Waals surface area contributed by atoms with Gasteiger partial charge in [-0.05, 0) is 0 Å². The molecule has 0 rings (SSSR count). The van der Waals surface area contributed by atoms with Crippen LogP contribution in [0.3, 0.4) is 0 Å². The molecule has 0 aromatic rings. The second-order valence-corrected chi connectivity index (χ2v) is 0. The Kier molecular flexibility index (Phi) is 200. The molecule has 6 heteroatoms. The first kappa shape index (κ1) is 39.7. The quantitative estimate of drug-likeness (QED) is 0.395. The van der Waals surface area contributed by atoms with Crippen molar-refractivity contribution in [2.24, 2.45) is 0 Å². The molecular weight excluding hydrogens is 395 g/mol. The molecule has 28 valence electrons. The Morgan fingerprint density at radius 1 is 1.00 bits per heavy atom. The molecule has 0 nitrogen and oxygen atoms in total. The van der Waals surface area contributed by atoms with Crippen molar-refractivity contribution < 1.29 is 79.9 Å². The Morgan fingerprint density at radius 3 is 1.00 bits per heavy atom. The summed E-state index contributed by atoms with van der Waals surface area (Å²) in [5.74, 6) is 0. The molecular formula is H5CaCeFeKMgMo. The molecule has 0 atom stereocenters. The summed E-state index contributed by atoms with van der Waals surface area (Å²) in [5, 5.41) is 0. The molecule has 0 saturated heterocycles. The zero-order valence-electron chi connectivity index (χ0n) is 1.26.